The molecule has 3 heterocycles. The molecule has 1 aliphatic rings. The molecule has 1 amide bonds. The van der Waals surface area contributed by atoms with Gasteiger partial charge in [0.1, 0.15) is 23.7 Å². The second kappa shape index (κ2) is 12.0. The van der Waals surface area contributed by atoms with Crippen molar-refractivity contribution in [3.8, 4) is 5.75 Å². The highest BCUT2D eigenvalue weighted by molar-refractivity contribution is 7.90. The Kier molecular flexibility index (Phi) is 7.93. The Bertz CT molecular complexity index is 2010. The molecule has 14 nitrogen and oxygen atoms in total. The predicted molar refractivity (Wildman–Crippen MR) is 161 cm³/mol. The Balaban J connectivity index is 1.26. The first kappa shape index (κ1) is 29.7. The smallest absolute Gasteiger partial charge is 0.412 e. The number of fused-ring (bicyclic) bond motifs is 3. The number of carbonyl (C=O) groups is 2. The summed E-state index contributed by atoms with van der Waals surface area (Å²) in [5.41, 5.74) is 1.35. The van der Waals surface area contributed by atoms with Crippen molar-refractivity contribution >= 4 is 49.8 Å². The minimum atomic E-state index is -3.92. The van der Waals surface area contributed by atoms with Gasteiger partial charge in [-0.2, -0.15) is 0 Å². The van der Waals surface area contributed by atoms with Crippen LogP contribution in [0.25, 0.3) is 22.1 Å². The van der Waals surface area contributed by atoms with E-state index >= 15 is 0 Å². The fraction of sp³-hybridized carbons (Fsp3) is 0.267. The van der Waals surface area contributed by atoms with Crippen LogP contribution in [-0.4, -0.2) is 50.0 Å². The van der Waals surface area contributed by atoms with Gasteiger partial charge in [0.05, 0.1) is 21.5 Å². The number of hydrogen-bond donors (Lipinski definition) is 1. The van der Waals surface area contributed by atoms with E-state index in [0.717, 1.165) is 3.97 Å². The number of amides is 1. The van der Waals surface area contributed by atoms with Gasteiger partial charge in [0.15, 0.2) is 5.65 Å². The van der Waals surface area contributed by atoms with Crippen LogP contribution in [-0.2, 0) is 26.2 Å². The van der Waals surface area contributed by atoms with Gasteiger partial charge in [0, 0.05) is 42.7 Å². The number of imidazole rings is 1. The Morgan fingerprint density at radius 2 is 1.76 bits per heavy atom. The number of ether oxygens (including phenoxy) is 2. The molecule has 2 aromatic carbocycles. The molecule has 0 unspecified atom stereocenters. The topological polar surface area (TPSA) is 178 Å². The SMILES string of the molecule is CC(=O)OCc1nc2cnc3c(ccn3S(=O)(=O)c3ccccc3)c2n1C1CCC(NC(=O)Oc2ccc([N+](=O)[O-])cc2)CC1. The Labute approximate surface area is 256 Å². The molecular formula is C30H28N6O8S. The number of nitro benzene ring substituents is 1. The van der Waals surface area contributed by atoms with Gasteiger partial charge in [0.2, 0.25) is 0 Å². The van der Waals surface area contributed by atoms with Crippen molar-refractivity contribution in [3.05, 3.63) is 89.0 Å². The van der Waals surface area contributed by atoms with Gasteiger partial charge >= 0.3 is 12.1 Å². The van der Waals surface area contributed by atoms with Crippen LogP contribution in [0, 0.1) is 10.1 Å². The summed E-state index contributed by atoms with van der Waals surface area (Å²) >= 11 is 0. The van der Waals surface area contributed by atoms with Gasteiger partial charge in [-0.25, -0.2) is 27.2 Å². The van der Waals surface area contributed by atoms with Crippen LogP contribution in [0.15, 0.2) is 78.0 Å². The number of benzene rings is 2. The molecule has 1 N–H and O–H groups in total. The molecule has 6 rings (SSSR count). The highest BCUT2D eigenvalue weighted by atomic mass is 32.2. The second-order valence-electron chi connectivity index (χ2n) is 10.6. The third-order valence-corrected chi connectivity index (χ3v) is 9.43. The van der Waals surface area contributed by atoms with Crippen LogP contribution in [0.1, 0.15) is 44.5 Å². The zero-order valence-corrected chi connectivity index (χ0v) is 24.8. The van der Waals surface area contributed by atoms with Crippen molar-refractivity contribution in [2.75, 3.05) is 0 Å². The van der Waals surface area contributed by atoms with Crippen molar-refractivity contribution < 1.29 is 32.4 Å². The standard InChI is InChI=1S/C30H28N6O8S/c1-19(37)43-18-27-33-26-17-31-29-25(15-16-34(29)45(41,42)24-5-3-2-4-6-24)28(26)35(27)21-9-7-20(8-10-21)32-30(38)44-23-13-11-22(12-14-23)36(39)40/h2-6,11-17,20-21H,7-10,18H2,1H3,(H,32,38). The number of nitrogens with one attached hydrogen (secondary N) is 1. The fourth-order valence-corrected chi connectivity index (χ4v) is 7.00. The van der Waals surface area contributed by atoms with Gasteiger partial charge in [-0.3, -0.25) is 14.9 Å². The molecule has 15 heteroatoms. The molecule has 45 heavy (non-hydrogen) atoms. The molecule has 5 aromatic rings. The number of rotatable bonds is 8. The molecular weight excluding hydrogens is 604 g/mol. The maximum Gasteiger partial charge on any atom is 0.412 e. The monoisotopic (exact) mass is 632 g/mol. The van der Waals surface area contributed by atoms with Crippen molar-refractivity contribution in [2.45, 2.75) is 56.2 Å². The molecule has 1 saturated carbocycles. The van der Waals surface area contributed by atoms with E-state index in [9.17, 15) is 28.1 Å². The molecule has 1 fully saturated rings. The fourth-order valence-electron chi connectivity index (χ4n) is 5.67. The zero-order valence-electron chi connectivity index (χ0n) is 24.0. The van der Waals surface area contributed by atoms with Crippen LogP contribution in [0.2, 0.25) is 0 Å². The number of nitro groups is 1. The van der Waals surface area contributed by atoms with E-state index < -0.39 is 27.0 Å². The number of non-ortho nitro benzene ring substituents is 1. The summed E-state index contributed by atoms with van der Waals surface area (Å²) < 4.78 is 40.7. The molecule has 0 atom stereocenters. The number of carbonyl (C=O) groups excluding carboxylic acids is 2. The molecule has 1 aliphatic carbocycles. The number of aromatic nitrogens is 4. The van der Waals surface area contributed by atoms with Gasteiger partial charge in [-0.15, -0.1) is 0 Å². The van der Waals surface area contributed by atoms with Crippen LogP contribution in [0.5, 0.6) is 5.75 Å². The van der Waals surface area contributed by atoms with E-state index in [-0.39, 0.29) is 40.7 Å². The minimum absolute atomic E-state index is 0.0751. The summed E-state index contributed by atoms with van der Waals surface area (Å²) in [4.78, 5) is 43.8. The average Bonchev–Trinajstić information content (AvgIpc) is 3.63. The lowest BCUT2D eigenvalue weighted by molar-refractivity contribution is -0.384. The van der Waals surface area contributed by atoms with Gasteiger partial charge in [-0.1, -0.05) is 18.2 Å². The third-order valence-electron chi connectivity index (χ3n) is 7.75. The zero-order chi connectivity index (χ0) is 31.7. The summed E-state index contributed by atoms with van der Waals surface area (Å²) in [6.45, 7) is 1.24. The first-order valence-electron chi connectivity index (χ1n) is 14.2. The predicted octanol–water partition coefficient (Wildman–Crippen LogP) is 4.87. The number of pyridine rings is 1. The average molecular weight is 633 g/mol. The van der Waals surface area contributed by atoms with Crippen LogP contribution in [0.3, 0.4) is 0 Å². The van der Waals surface area contributed by atoms with E-state index in [1.165, 1.54) is 55.7 Å². The van der Waals surface area contributed by atoms with Crippen molar-refractivity contribution in [1.82, 2.24) is 23.8 Å². The first-order chi connectivity index (χ1) is 21.6. The van der Waals surface area contributed by atoms with Crippen LogP contribution in [0.4, 0.5) is 10.5 Å². The van der Waals surface area contributed by atoms with Crippen molar-refractivity contribution in [1.29, 1.82) is 0 Å². The number of nitrogens with zero attached hydrogens (tertiary/aromatic N) is 5. The van der Waals surface area contributed by atoms with Gasteiger partial charge in [-0.05, 0) is 56.0 Å². The lowest BCUT2D eigenvalue weighted by Gasteiger charge is -2.31. The highest BCUT2D eigenvalue weighted by Gasteiger charge is 2.29. The molecule has 0 radical (unpaired) electrons. The quantitative estimate of drug-likeness (QED) is 0.141. The summed E-state index contributed by atoms with van der Waals surface area (Å²) in [6, 6.07) is 14.7. The van der Waals surface area contributed by atoms with E-state index in [1.54, 1.807) is 24.3 Å². The lowest BCUT2D eigenvalue weighted by Crippen LogP contribution is -2.39. The van der Waals surface area contributed by atoms with Crippen LogP contribution < -0.4 is 10.1 Å². The Morgan fingerprint density at radius 1 is 1.04 bits per heavy atom. The van der Waals surface area contributed by atoms with Crippen LogP contribution >= 0.6 is 0 Å². The largest absolute Gasteiger partial charge is 0.458 e. The summed E-state index contributed by atoms with van der Waals surface area (Å²) in [6.07, 6.45) is 4.80. The van der Waals surface area contributed by atoms with E-state index in [2.05, 4.69) is 10.3 Å². The maximum atomic E-state index is 13.5. The van der Waals surface area contributed by atoms with Crippen molar-refractivity contribution in [2.24, 2.45) is 0 Å². The molecule has 3 aromatic heterocycles. The minimum Gasteiger partial charge on any atom is -0.458 e. The van der Waals surface area contributed by atoms with E-state index in [0.29, 0.717) is 47.9 Å². The number of esters is 1. The highest BCUT2D eigenvalue weighted by Crippen LogP contribution is 2.36. The normalized spacial score (nSPS) is 16.8. The Hall–Kier alpha value is -5.31. The number of hydrogen-bond acceptors (Lipinski definition) is 10. The maximum absolute atomic E-state index is 13.5. The Morgan fingerprint density at radius 3 is 2.42 bits per heavy atom. The van der Waals surface area contributed by atoms with E-state index in [1.807, 2.05) is 4.57 Å². The molecule has 0 spiro atoms. The molecule has 0 saturated heterocycles. The molecule has 0 aliphatic heterocycles. The first-order valence-corrected chi connectivity index (χ1v) is 15.6. The summed E-state index contributed by atoms with van der Waals surface area (Å²) in [5, 5.41) is 14.3. The van der Waals surface area contributed by atoms with Gasteiger partial charge in [0.25, 0.3) is 15.7 Å². The summed E-state index contributed by atoms with van der Waals surface area (Å²) in [7, 11) is -3.92. The van der Waals surface area contributed by atoms with E-state index in [4.69, 9.17) is 14.5 Å². The molecule has 232 valence electrons. The lowest BCUT2D eigenvalue weighted by atomic mass is 9.91. The second-order valence-corrected chi connectivity index (χ2v) is 12.4. The van der Waals surface area contributed by atoms with Crippen molar-refractivity contribution in [3.63, 3.8) is 0 Å². The third kappa shape index (κ3) is 5.93. The van der Waals surface area contributed by atoms with Gasteiger partial charge < -0.3 is 19.4 Å². The summed E-state index contributed by atoms with van der Waals surface area (Å²) in [5.74, 6) is 0.226. The molecule has 0 bridgehead atoms.